The number of nitrogens with one attached hydrogen (secondary N) is 2. The Balaban J connectivity index is 1.70. The monoisotopic (exact) mass is 386 g/mol. The van der Waals surface area contributed by atoms with Gasteiger partial charge in [0, 0.05) is 23.8 Å². The van der Waals surface area contributed by atoms with E-state index in [9.17, 15) is 18.0 Å². The molecule has 1 aromatic heterocycles. The molecule has 0 aliphatic carbocycles. The first-order valence-electron chi connectivity index (χ1n) is 8.37. The summed E-state index contributed by atoms with van der Waals surface area (Å²) in [6.45, 7) is 3.86. The third-order valence-electron chi connectivity index (χ3n) is 3.84. The molecule has 0 aliphatic rings. The summed E-state index contributed by atoms with van der Waals surface area (Å²) < 4.78 is 38.3. The average Bonchev–Trinajstić information content (AvgIpc) is 2.61. The topological polar surface area (TPSA) is 66.9 Å². The van der Waals surface area contributed by atoms with Crippen LogP contribution in [-0.4, -0.2) is 15.9 Å². The van der Waals surface area contributed by atoms with E-state index in [-0.39, 0.29) is 23.1 Å². The number of hydrogen-bond donors (Lipinski definition) is 2. The number of hydrogen-bond acceptors (Lipinski definition) is 4. The van der Waals surface area contributed by atoms with E-state index in [4.69, 9.17) is 0 Å². The molecule has 2 aromatic carbocycles. The zero-order valence-electron chi connectivity index (χ0n) is 15.1. The number of aromatic nitrogens is 2. The van der Waals surface area contributed by atoms with Gasteiger partial charge in [-0.15, -0.1) is 0 Å². The standard InChI is InChI=1S/C20H17F3N4O/c1-12-6-13(2)8-17(7-12)26-18(28)14-10-24-19(25-11-14)27-16-5-3-4-15(9-16)20(21,22)23/h3-11H,1-2H3,(H,26,28)(H,24,25,27). The van der Waals surface area contributed by atoms with Crippen molar-refractivity contribution < 1.29 is 18.0 Å². The quantitative estimate of drug-likeness (QED) is 0.654. The lowest BCUT2D eigenvalue weighted by molar-refractivity contribution is -0.137. The summed E-state index contributed by atoms with van der Waals surface area (Å²) in [5.41, 5.74) is 2.35. The van der Waals surface area contributed by atoms with Gasteiger partial charge in [0.15, 0.2) is 0 Å². The van der Waals surface area contributed by atoms with Crippen LogP contribution in [0.3, 0.4) is 0 Å². The van der Waals surface area contributed by atoms with Crippen LogP contribution >= 0.6 is 0 Å². The van der Waals surface area contributed by atoms with Crippen LogP contribution in [-0.2, 0) is 6.18 Å². The molecule has 0 unspecified atom stereocenters. The molecule has 3 rings (SSSR count). The van der Waals surface area contributed by atoms with E-state index in [1.165, 1.54) is 24.5 Å². The summed E-state index contributed by atoms with van der Waals surface area (Å²) >= 11 is 0. The molecule has 1 heterocycles. The molecule has 2 N–H and O–H groups in total. The first-order chi connectivity index (χ1) is 13.2. The van der Waals surface area contributed by atoms with E-state index >= 15 is 0 Å². The lowest BCUT2D eigenvalue weighted by atomic mass is 10.1. The van der Waals surface area contributed by atoms with Crippen LogP contribution in [0, 0.1) is 13.8 Å². The lowest BCUT2D eigenvalue weighted by Crippen LogP contribution is -2.13. The predicted molar refractivity (Wildman–Crippen MR) is 101 cm³/mol. The Morgan fingerprint density at radius 3 is 2.18 bits per heavy atom. The third kappa shape index (κ3) is 4.85. The van der Waals surface area contributed by atoms with Gasteiger partial charge in [0.25, 0.3) is 5.91 Å². The fourth-order valence-corrected chi connectivity index (χ4v) is 2.66. The first kappa shape index (κ1) is 19.3. The predicted octanol–water partition coefficient (Wildman–Crippen LogP) is 5.11. The van der Waals surface area contributed by atoms with Gasteiger partial charge in [0.2, 0.25) is 5.95 Å². The lowest BCUT2D eigenvalue weighted by Gasteiger charge is -2.10. The highest BCUT2D eigenvalue weighted by Gasteiger charge is 2.30. The molecule has 5 nitrogen and oxygen atoms in total. The van der Waals surface area contributed by atoms with Crippen molar-refractivity contribution in [3.63, 3.8) is 0 Å². The van der Waals surface area contributed by atoms with E-state index in [2.05, 4.69) is 20.6 Å². The Bertz CT molecular complexity index is 981. The SMILES string of the molecule is Cc1cc(C)cc(NC(=O)c2cnc(Nc3cccc(C(F)(F)F)c3)nc2)c1. The Kier molecular flexibility index (Phi) is 5.30. The van der Waals surface area contributed by atoms with Crippen molar-refractivity contribution in [2.24, 2.45) is 0 Å². The number of anilines is 3. The molecule has 8 heteroatoms. The van der Waals surface area contributed by atoms with E-state index in [0.717, 1.165) is 23.3 Å². The summed E-state index contributed by atoms with van der Waals surface area (Å²) in [6, 6.07) is 10.4. The van der Waals surface area contributed by atoms with Crippen LogP contribution in [0.15, 0.2) is 54.9 Å². The molecule has 0 aliphatic heterocycles. The second-order valence-electron chi connectivity index (χ2n) is 6.33. The number of benzene rings is 2. The Labute approximate surface area is 159 Å². The van der Waals surface area contributed by atoms with Gasteiger partial charge in [-0.3, -0.25) is 4.79 Å². The van der Waals surface area contributed by atoms with Crippen LogP contribution in [0.2, 0.25) is 0 Å². The molecule has 0 radical (unpaired) electrons. The maximum Gasteiger partial charge on any atom is 0.416 e. The van der Waals surface area contributed by atoms with Crippen molar-refractivity contribution in [2.75, 3.05) is 10.6 Å². The van der Waals surface area contributed by atoms with Crippen LogP contribution in [0.25, 0.3) is 0 Å². The van der Waals surface area contributed by atoms with E-state index in [1.807, 2.05) is 32.0 Å². The molecule has 28 heavy (non-hydrogen) atoms. The molecule has 1 amide bonds. The van der Waals surface area contributed by atoms with Gasteiger partial charge in [0.05, 0.1) is 11.1 Å². The summed E-state index contributed by atoms with van der Waals surface area (Å²) in [5.74, 6) is -0.294. The smallest absolute Gasteiger partial charge is 0.324 e. The number of nitrogens with zero attached hydrogens (tertiary/aromatic N) is 2. The number of carbonyl (C=O) groups is 1. The summed E-state index contributed by atoms with van der Waals surface area (Å²) in [5, 5.41) is 5.46. The third-order valence-corrected chi connectivity index (χ3v) is 3.84. The largest absolute Gasteiger partial charge is 0.416 e. The second-order valence-corrected chi connectivity index (χ2v) is 6.33. The van der Waals surface area contributed by atoms with Gasteiger partial charge in [0.1, 0.15) is 0 Å². The maximum absolute atomic E-state index is 12.8. The van der Waals surface area contributed by atoms with Gasteiger partial charge in [-0.1, -0.05) is 12.1 Å². The van der Waals surface area contributed by atoms with Crippen LogP contribution in [0.5, 0.6) is 0 Å². The zero-order valence-corrected chi connectivity index (χ0v) is 15.1. The average molecular weight is 386 g/mol. The van der Waals surface area contributed by atoms with E-state index in [0.29, 0.717) is 5.69 Å². The molecule has 144 valence electrons. The van der Waals surface area contributed by atoms with Crippen molar-refractivity contribution in [1.29, 1.82) is 0 Å². The van der Waals surface area contributed by atoms with Gasteiger partial charge in [-0.2, -0.15) is 13.2 Å². The van der Waals surface area contributed by atoms with Crippen molar-refractivity contribution in [2.45, 2.75) is 20.0 Å². The molecule has 0 spiro atoms. The minimum Gasteiger partial charge on any atom is -0.324 e. The highest BCUT2D eigenvalue weighted by atomic mass is 19.4. The number of rotatable bonds is 4. The molecular formula is C20H17F3N4O. The summed E-state index contributed by atoms with van der Waals surface area (Å²) in [7, 11) is 0. The van der Waals surface area contributed by atoms with Crippen molar-refractivity contribution >= 4 is 23.2 Å². The number of halogens is 3. The number of amides is 1. The van der Waals surface area contributed by atoms with Gasteiger partial charge >= 0.3 is 6.18 Å². The maximum atomic E-state index is 12.8. The highest BCUT2D eigenvalue weighted by Crippen LogP contribution is 2.31. The van der Waals surface area contributed by atoms with Crippen LogP contribution in [0.4, 0.5) is 30.5 Å². The number of aryl methyl sites for hydroxylation is 2. The first-order valence-corrected chi connectivity index (χ1v) is 8.37. The van der Waals surface area contributed by atoms with E-state index < -0.39 is 11.7 Å². The van der Waals surface area contributed by atoms with Gasteiger partial charge in [-0.25, -0.2) is 9.97 Å². The Hall–Kier alpha value is -3.42. The fourth-order valence-electron chi connectivity index (χ4n) is 2.66. The van der Waals surface area contributed by atoms with Gasteiger partial charge < -0.3 is 10.6 Å². The molecule has 3 aromatic rings. The van der Waals surface area contributed by atoms with Crippen molar-refractivity contribution in [1.82, 2.24) is 9.97 Å². The van der Waals surface area contributed by atoms with Gasteiger partial charge in [-0.05, 0) is 55.3 Å². The molecule has 0 fully saturated rings. The minimum absolute atomic E-state index is 0.0854. The Morgan fingerprint density at radius 2 is 1.57 bits per heavy atom. The number of carbonyl (C=O) groups excluding carboxylic acids is 1. The number of alkyl halides is 3. The molecule has 0 saturated carbocycles. The van der Waals surface area contributed by atoms with Crippen molar-refractivity contribution in [3.05, 3.63) is 77.1 Å². The molecular weight excluding hydrogens is 369 g/mol. The second kappa shape index (κ2) is 7.67. The molecule has 0 bridgehead atoms. The highest BCUT2D eigenvalue weighted by molar-refractivity contribution is 6.04. The summed E-state index contributed by atoms with van der Waals surface area (Å²) in [6.07, 6.45) is -1.82. The summed E-state index contributed by atoms with van der Waals surface area (Å²) in [4.78, 5) is 20.3. The minimum atomic E-state index is -4.44. The van der Waals surface area contributed by atoms with Crippen molar-refractivity contribution in [3.8, 4) is 0 Å². The normalized spacial score (nSPS) is 11.2. The fraction of sp³-hybridized carbons (Fsp3) is 0.150. The molecule has 0 atom stereocenters. The Morgan fingerprint density at radius 1 is 0.929 bits per heavy atom. The van der Waals surface area contributed by atoms with E-state index in [1.54, 1.807) is 0 Å². The van der Waals surface area contributed by atoms with Crippen LogP contribution < -0.4 is 10.6 Å². The molecule has 0 saturated heterocycles. The zero-order chi connectivity index (χ0) is 20.3. The van der Waals surface area contributed by atoms with Crippen LogP contribution in [0.1, 0.15) is 27.0 Å².